The zero-order valence-electron chi connectivity index (χ0n) is 33.3. The third kappa shape index (κ3) is 38.7. The Hall–Kier alpha value is -3.37. The van der Waals surface area contributed by atoms with Crippen LogP contribution in [-0.4, -0.2) is 65.7 Å². The number of aliphatic hydroxyl groups excluding tert-OH is 2. The summed E-state index contributed by atoms with van der Waals surface area (Å²) in [6, 6.07) is 0. The van der Waals surface area contributed by atoms with Crippen molar-refractivity contribution < 1.29 is 47.8 Å². The van der Waals surface area contributed by atoms with E-state index in [9.17, 15) is 24.2 Å². The lowest BCUT2D eigenvalue weighted by atomic mass is 10.2. The summed E-state index contributed by atoms with van der Waals surface area (Å²) in [6.45, 7) is 1.99. The van der Waals surface area contributed by atoms with Gasteiger partial charge in [0.2, 0.25) is 0 Å². The van der Waals surface area contributed by atoms with Crippen molar-refractivity contribution in [2.75, 3.05) is 26.4 Å². The standard InChI is InChI=1S/C44H69O10P/c1-3-5-7-9-11-13-15-17-19-20-22-23-25-27-29-31-33-35-43(47)51-39-42(40-53-55(49,50)52-38-41(46)37-45)54-44(48)36-34-32-30-28-26-24-21-18-16-14-12-10-8-6-4-2/h5-8,11-14,17-19,21-23,26-29,41-42,45-46H,3-4,9-10,15-16,20,24-25,30-40H2,1-2H3,(H,49,50)/b7-5+,8-6+,13-11+,14-12+,19-17+,21-18+,23-22+,28-26+,29-27+/t41-,42+/m0/s1. The van der Waals surface area contributed by atoms with Crippen LogP contribution in [0.3, 0.4) is 0 Å². The van der Waals surface area contributed by atoms with E-state index in [1.54, 1.807) is 0 Å². The summed E-state index contributed by atoms with van der Waals surface area (Å²) in [5.74, 6) is -1.06. The van der Waals surface area contributed by atoms with Crippen LogP contribution in [-0.2, 0) is 32.7 Å². The second-order valence-corrected chi connectivity index (χ2v) is 14.0. The van der Waals surface area contributed by atoms with Crippen LogP contribution < -0.4 is 0 Å². The molecule has 310 valence electrons. The molecule has 0 heterocycles. The second-order valence-electron chi connectivity index (χ2n) is 12.5. The van der Waals surface area contributed by atoms with Gasteiger partial charge >= 0.3 is 19.8 Å². The number of allylic oxidation sites excluding steroid dienone is 18. The molecule has 0 aliphatic rings. The van der Waals surface area contributed by atoms with Gasteiger partial charge in [-0.15, -0.1) is 0 Å². The number of carbonyl (C=O) groups excluding carboxylic acids is 2. The molecular weight excluding hydrogens is 719 g/mol. The maximum atomic E-state index is 12.6. The molecule has 55 heavy (non-hydrogen) atoms. The van der Waals surface area contributed by atoms with Gasteiger partial charge in [0.1, 0.15) is 12.7 Å². The first-order chi connectivity index (χ1) is 26.7. The van der Waals surface area contributed by atoms with E-state index in [2.05, 4.69) is 116 Å². The van der Waals surface area contributed by atoms with E-state index in [1.165, 1.54) is 0 Å². The molecule has 0 rings (SSSR count). The number of phosphoric ester groups is 1. The summed E-state index contributed by atoms with van der Waals surface area (Å²) in [7, 11) is -4.65. The minimum absolute atomic E-state index is 0.112. The summed E-state index contributed by atoms with van der Waals surface area (Å²) in [6.07, 6.45) is 47.8. The molecule has 3 atom stereocenters. The molecule has 0 fully saturated rings. The highest BCUT2D eigenvalue weighted by atomic mass is 31.2. The number of ether oxygens (including phenoxy) is 2. The van der Waals surface area contributed by atoms with Gasteiger partial charge < -0.3 is 24.6 Å². The fourth-order valence-corrected chi connectivity index (χ4v) is 5.22. The van der Waals surface area contributed by atoms with Gasteiger partial charge in [0, 0.05) is 12.8 Å². The van der Waals surface area contributed by atoms with E-state index in [4.69, 9.17) is 19.1 Å². The maximum absolute atomic E-state index is 12.6. The third-order valence-electron chi connectivity index (χ3n) is 7.42. The summed E-state index contributed by atoms with van der Waals surface area (Å²) in [4.78, 5) is 34.9. The van der Waals surface area contributed by atoms with Crippen molar-refractivity contribution in [3.63, 3.8) is 0 Å². The zero-order chi connectivity index (χ0) is 40.5. The van der Waals surface area contributed by atoms with Gasteiger partial charge in [0.05, 0.1) is 19.8 Å². The molecule has 0 aromatic carbocycles. The number of aliphatic hydroxyl groups is 2. The van der Waals surface area contributed by atoms with E-state index in [-0.39, 0.29) is 19.4 Å². The maximum Gasteiger partial charge on any atom is 0.472 e. The lowest BCUT2D eigenvalue weighted by molar-refractivity contribution is -0.161. The molecule has 1 unspecified atom stereocenters. The Labute approximate surface area is 331 Å². The number of unbranched alkanes of at least 4 members (excludes halogenated alkanes) is 3. The lowest BCUT2D eigenvalue weighted by Gasteiger charge is -2.20. The molecule has 0 saturated heterocycles. The Kier molecular flexibility index (Phi) is 36.5. The molecule has 0 amide bonds. The van der Waals surface area contributed by atoms with Gasteiger partial charge in [-0.3, -0.25) is 18.6 Å². The third-order valence-corrected chi connectivity index (χ3v) is 8.37. The number of hydrogen-bond donors (Lipinski definition) is 3. The molecule has 0 spiro atoms. The normalized spacial score (nSPS) is 15.1. The van der Waals surface area contributed by atoms with Crippen molar-refractivity contribution in [3.8, 4) is 0 Å². The topological polar surface area (TPSA) is 149 Å². The van der Waals surface area contributed by atoms with E-state index < -0.39 is 51.8 Å². The number of esters is 2. The smallest absolute Gasteiger partial charge is 0.462 e. The Morgan fingerprint density at radius 1 is 0.545 bits per heavy atom. The Morgan fingerprint density at radius 2 is 0.945 bits per heavy atom. The molecule has 0 aliphatic heterocycles. The lowest BCUT2D eigenvalue weighted by Crippen LogP contribution is -2.29. The number of rotatable bonds is 35. The van der Waals surface area contributed by atoms with Crippen molar-refractivity contribution >= 4 is 19.8 Å². The minimum atomic E-state index is -4.65. The summed E-state index contributed by atoms with van der Waals surface area (Å²) in [5, 5.41) is 18.3. The fourth-order valence-electron chi connectivity index (χ4n) is 4.43. The highest BCUT2D eigenvalue weighted by Crippen LogP contribution is 2.43. The summed E-state index contributed by atoms with van der Waals surface area (Å²) >= 11 is 0. The van der Waals surface area contributed by atoms with Crippen LogP contribution in [0.1, 0.15) is 117 Å². The predicted molar refractivity (Wildman–Crippen MR) is 223 cm³/mol. The second kappa shape index (κ2) is 38.9. The largest absolute Gasteiger partial charge is 0.472 e. The Balaban J connectivity index is 4.54. The van der Waals surface area contributed by atoms with Gasteiger partial charge in [-0.2, -0.15) is 0 Å². The number of phosphoric acid groups is 1. The van der Waals surface area contributed by atoms with Gasteiger partial charge in [0.25, 0.3) is 0 Å². The Bertz CT molecular complexity index is 1270. The van der Waals surface area contributed by atoms with E-state index in [0.29, 0.717) is 19.3 Å². The number of hydrogen-bond acceptors (Lipinski definition) is 9. The molecule has 0 aliphatic carbocycles. The zero-order valence-corrected chi connectivity index (χ0v) is 34.2. The van der Waals surface area contributed by atoms with Crippen molar-refractivity contribution in [2.24, 2.45) is 0 Å². The van der Waals surface area contributed by atoms with Gasteiger partial charge in [-0.25, -0.2) is 4.57 Å². The molecule has 10 nitrogen and oxygen atoms in total. The summed E-state index contributed by atoms with van der Waals surface area (Å²) in [5.41, 5.74) is 0. The van der Waals surface area contributed by atoms with Gasteiger partial charge in [0.15, 0.2) is 6.10 Å². The molecule has 11 heteroatoms. The van der Waals surface area contributed by atoms with Crippen LogP contribution in [0.5, 0.6) is 0 Å². The highest BCUT2D eigenvalue weighted by Gasteiger charge is 2.27. The first kappa shape index (κ1) is 51.6. The van der Waals surface area contributed by atoms with Crippen molar-refractivity contribution in [1.82, 2.24) is 0 Å². The van der Waals surface area contributed by atoms with Crippen LogP contribution >= 0.6 is 7.82 Å². The predicted octanol–water partition coefficient (Wildman–Crippen LogP) is 10.2. The van der Waals surface area contributed by atoms with Crippen LogP contribution in [0.25, 0.3) is 0 Å². The molecule has 3 N–H and O–H groups in total. The highest BCUT2D eigenvalue weighted by molar-refractivity contribution is 7.47. The summed E-state index contributed by atoms with van der Waals surface area (Å²) < 4.78 is 32.5. The van der Waals surface area contributed by atoms with Crippen LogP contribution in [0.2, 0.25) is 0 Å². The van der Waals surface area contributed by atoms with Crippen LogP contribution in [0.15, 0.2) is 109 Å². The minimum Gasteiger partial charge on any atom is -0.462 e. The van der Waals surface area contributed by atoms with Crippen molar-refractivity contribution in [2.45, 2.75) is 129 Å². The molecular formula is C44H69O10P. The van der Waals surface area contributed by atoms with E-state index in [0.717, 1.165) is 70.6 Å². The quantitative estimate of drug-likeness (QED) is 0.0245. The van der Waals surface area contributed by atoms with Gasteiger partial charge in [-0.1, -0.05) is 123 Å². The SMILES string of the molecule is CC/C=C/C/C=C/C/C=C/C/C=C/C/C=C/CCCC(=O)OC[C@H](COP(=O)(O)OC[C@@H](O)CO)OC(=O)CCCC/C=C/C/C=C/C/C=C/C/C=C/CC. The molecule has 0 aromatic heterocycles. The number of carbonyl (C=O) groups is 2. The van der Waals surface area contributed by atoms with E-state index >= 15 is 0 Å². The van der Waals surface area contributed by atoms with Crippen LogP contribution in [0, 0.1) is 0 Å². The average Bonchev–Trinajstić information content (AvgIpc) is 3.17. The molecule has 0 radical (unpaired) electrons. The Morgan fingerprint density at radius 3 is 1.40 bits per heavy atom. The van der Waals surface area contributed by atoms with Gasteiger partial charge in [-0.05, 0) is 89.9 Å². The average molecular weight is 789 g/mol. The first-order valence-corrected chi connectivity index (χ1v) is 21.3. The van der Waals surface area contributed by atoms with Crippen molar-refractivity contribution in [3.05, 3.63) is 109 Å². The van der Waals surface area contributed by atoms with Crippen molar-refractivity contribution in [1.29, 1.82) is 0 Å². The monoisotopic (exact) mass is 788 g/mol. The van der Waals surface area contributed by atoms with Crippen LogP contribution in [0.4, 0.5) is 0 Å². The fraction of sp³-hybridized carbons (Fsp3) is 0.545. The molecule has 0 bridgehead atoms. The first-order valence-electron chi connectivity index (χ1n) is 19.8. The molecule has 0 saturated carbocycles. The van der Waals surface area contributed by atoms with E-state index in [1.807, 2.05) is 12.2 Å². The molecule has 0 aromatic rings.